The second-order valence-electron chi connectivity index (χ2n) is 5.31. The maximum Gasteiger partial charge on any atom is 0.152 e. The average Bonchev–Trinajstić information content (AvgIpc) is 2.96. The fraction of sp³-hybridized carbons (Fsp3) is 0.467. The first-order chi connectivity index (χ1) is 10.3. The number of aromatic nitrogens is 3. The molecule has 0 saturated carbocycles. The first kappa shape index (κ1) is 14.4. The Kier molecular flexibility index (Phi) is 4.41. The molecule has 0 bridgehead atoms. The Morgan fingerprint density at radius 3 is 3.10 bits per heavy atom. The number of hydrogen-bond acceptors (Lipinski definition) is 4. The quantitative estimate of drug-likeness (QED) is 0.862. The summed E-state index contributed by atoms with van der Waals surface area (Å²) < 4.78 is 2.11. The molecule has 0 aliphatic carbocycles. The van der Waals surface area contributed by atoms with Crippen molar-refractivity contribution in [2.24, 2.45) is 0 Å². The molecule has 0 unspecified atom stereocenters. The molecule has 2 aromatic rings. The van der Waals surface area contributed by atoms with Crippen molar-refractivity contribution < 1.29 is 0 Å². The van der Waals surface area contributed by atoms with Crippen LogP contribution in [0.4, 0.5) is 5.69 Å². The van der Waals surface area contributed by atoms with Gasteiger partial charge in [-0.2, -0.15) is 0 Å². The summed E-state index contributed by atoms with van der Waals surface area (Å²) in [5, 5.41) is 12.4. The van der Waals surface area contributed by atoms with E-state index in [1.807, 2.05) is 6.07 Å². The Morgan fingerprint density at radius 2 is 2.24 bits per heavy atom. The highest BCUT2D eigenvalue weighted by atomic mass is 35.5. The summed E-state index contributed by atoms with van der Waals surface area (Å²) in [4.78, 5) is 2.33. The number of halogens is 1. The van der Waals surface area contributed by atoms with Gasteiger partial charge in [0.05, 0.1) is 6.54 Å². The first-order valence-corrected chi connectivity index (χ1v) is 7.76. The molecule has 21 heavy (non-hydrogen) atoms. The van der Waals surface area contributed by atoms with Gasteiger partial charge in [0.25, 0.3) is 0 Å². The topological polar surface area (TPSA) is 46.0 Å². The van der Waals surface area contributed by atoms with Crippen molar-refractivity contribution in [3.63, 3.8) is 0 Å². The van der Waals surface area contributed by atoms with Gasteiger partial charge in [0.1, 0.15) is 6.33 Å². The van der Waals surface area contributed by atoms with Crippen molar-refractivity contribution in [3.05, 3.63) is 40.9 Å². The lowest BCUT2D eigenvalue weighted by molar-refractivity contribution is 0.557. The van der Waals surface area contributed by atoms with E-state index in [1.54, 1.807) is 6.33 Å². The predicted molar refractivity (Wildman–Crippen MR) is 84.5 cm³/mol. The van der Waals surface area contributed by atoms with Crippen LogP contribution < -0.4 is 10.2 Å². The second kappa shape index (κ2) is 6.45. The predicted octanol–water partition coefficient (Wildman–Crippen LogP) is 2.45. The van der Waals surface area contributed by atoms with E-state index in [0.29, 0.717) is 0 Å². The van der Waals surface area contributed by atoms with Gasteiger partial charge in [-0.1, -0.05) is 24.6 Å². The van der Waals surface area contributed by atoms with E-state index in [0.717, 1.165) is 50.0 Å². The molecule has 5 nitrogen and oxygen atoms in total. The minimum atomic E-state index is 0.774. The minimum Gasteiger partial charge on any atom is -0.362 e. The molecule has 2 heterocycles. The van der Waals surface area contributed by atoms with Crippen molar-refractivity contribution >= 4 is 17.3 Å². The molecule has 0 spiro atoms. The summed E-state index contributed by atoms with van der Waals surface area (Å²) in [5.41, 5.74) is 2.47. The zero-order chi connectivity index (χ0) is 14.7. The highest BCUT2D eigenvalue weighted by Gasteiger charge is 2.20. The van der Waals surface area contributed by atoms with E-state index in [-0.39, 0.29) is 0 Å². The highest BCUT2D eigenvalue weighted by molar-refractivity contribution is 6.30. The first-order valence-electron chi connectivity index (χ1n) is 7.38. The van der Waals surface area contributed by atoms with Crippen molar-refractivity contribution in [2.45, 2.75) is 33.0 Å². The third-order valence-corrected chi connectivity index (χ3v) is 4.00. The molecule has 0 radical (unpaired) electrons. The van der Waals surface area contributed by atoms with Crippen LogP contribution in [0.25, 0.3) is 0 Å². The maximum absolute atomic E-state index is 6.20. The van der Waals surface area contributed by atoms with Gasteiger partial charge in [-0.15, -0.1) is 10.2 Å². The Morgan fingerprint density at radius 1 is 1.33 bits per heavy atom. The third-order valence-electron chi connectivity index (χ3n) is 3.77. The standard InChI is InChI=1S/C15H20ClN5/c1-2-5-17-9-12-3-4-13(16)8-14(12)20-6-7-21-11-18-19-15(21)10-20/h3-4,8,11,17H,2,5-7,9-10H2,1H3. The number of anilines is 1. The number of benzene rings is 1. The second-order valence-corrected chi connectivity index (χ2v) is 5.75. The van der Waals surface area contributed by atoms with Gasteiger partial charge in [-0.3, -0.25) is 0 Å². The molecule has 0 amide bonds. The van der Waals surface area contributed by atoms with E-state index in [2.05, 4.69) is 44.0 Å². The molecular formula is C15H20ClN5. The summed E-state index contributed by atoms with van der Waals surface area (Å²) in [5.74, 6) is 1.01. The minimum absolute atomic E-state index is 0.774. The van der Waals surface area contributed by atoms with Crippen LogP contribution in [0.15, 0.2) is 24.5 Å². The molecule has 0 fully saturated rings. The molecule has 1 N–H and O–H groups in total. The van der Waals surface area contributed by atoms with E-state index in [9.17, 15) is 0 Å². The summed E-state index contributed by atoms with van der Waals surface area (Å²) >= 11 is 6.20. The highest BCUT2D eigenvalue weighted by Crippen LogP contribution is 2.27. The summed E-state index contributed by atoms with van der Waals surface area (Å²) in [6.07, 6.45) is 2.93. The van der Waals surface area contributed by atoms with Gasteiger partial charge < -0.3 is 14.8 Å². The number of nitrogens with zero attached hydrogens (tertiary/aromatic N) is 4. The van der Waals surface area contributed by atoms with Gasteiger partial charge >= 0.3 is 0 Å². The van der Waals surface area contributed by atoms with Gasteiger partial charge in [-0.05, 0) is 30.7 Å². The Hall–Kier alpha value is -1.59. The molecule has 1 aromatic heterocycles. The molecule has 3 rings (SSSR count). The Labute approximate surface area is 129 Å². The average molecular weight is 306 g/mol. The molecule has 1 aliphatic rings. The molecule has 0 saturated heterocycles. The van der Waals surface area contributed by atoms with Crippen LogP contribution in [0.5, 0.6) is 0 Å². The lowest BCUT2D eigenvalue weighted by Gasteiger charge is -2.31. The SMILES string of the molecule is CCCNCc1ccc(Cl)cc1N1CCn2cnnc2C1. The lowest BCUT2D eigenvalue weighted by atomic mass is 10.1. The van der Waals surface area contributed by atoms with E-state index in [4.69, 9.17) is 11.6 Å². The van der Waals surface area contributed by atoms with Gasteiger partial charge in [0.15, 0.2) is 5.82 Å². The van der Waals surface area contributed by atoms with Crippen LogP contribution in [0.2, 0.25) is 5.02 Å². The van der Waals surface area contributed by atoms with Crippen molar-refractivity contribution in [3.8, 4) is 0 Å². The van der Waals surface area contributed by atoms with Crippen molar-refractivity contribution in [1.82, 2.24) is 20.1 Å². The number of rotatable bonds is 5. The van der Waals surface area contributed by atoms with Crippen molar-refractivity contribution in [2.75, 3.05) is 18.0 Å². The van der Waals surface area contributed by atoms with Crippen molar-refractivity contribution in [1.29, 1.82) is 0 Å². The largest absolute Gasteiger partial charge is 0.362 e. The van der Waals surface area contributed by atoms with Crippen LogP contribution in [0.3, 0.4) is 0 Å². The number of nitrogens with one attached hydrogen (secondary N) is 1. The summed E-state index contributed by atoms with van der Waals surface area (Å²) in [6.45, 7) is 6.71. The van der Waals surface area contributed by atoms with Crippen LogP contribution >= 0.6 is 11.6 Å². The molecule has 112 valence electrons. The van der Waals surface area contributed by atoms with Crippen LogP contribution in [0, 0.1) is 0 Å². The fourth-order valence-corrected chi connectivity index (χ4v) is 2.82. The zero-order valence-corrected chi connectivity index (χ0v) is 13.0. The monoisotopic (exact) mass is 305 g/mol. The molecule has 0 atom stereocenters. The Bertz CT molecular complexity index is 610. The van der Waals surface area contributed by atoms with Gasteiger partial charge in [0.2, 0.25) is 0 Å². The smallest absolute Gasteiger partial charge is 0.152 e. The third kappa shape index (κ3) is 3.19. The normalized spacial score (nSPS) is 14.3. The molecule has 6 heteroatoms. The summed E-state index contributed by atoms with van der Waals surface area (Å²) in [7, 11) is 0. The fourth-order valence-electron chi connectivity index (χ4n) is 2.65. The van der Waals surface area contributed by atoms with Crippen LogP contribution in [0.1, 0.15) is 24.7 Å². The molecule has 1 aromatic carbocycles. The van der Waals surface area contributed by atoms with E-state index >= 15 is 0 Å². The number of fused-ring (bicyclic) bond motifs is 1. The van der Waals surface area contributed by atoms with Gasteiger partial charge in [-0.25, -0.2) is 0 Å². The molecule has 1 aliphatic heterocycles. The van der Waals surface area contributed by atoms with E-state index < -0.39 is 0 Å². The van der Waals surface area contributed by atoms with Crippen LogP contribution in [-0.4, -0.2) is 27.9 Å². The maximum atomic E-state index is 6.20. The van der Waals surface area contributed by atoms with Crippen LogP contribution in [-0.2, 0) is 19.6 Å². The lowest BCUT2D eigenvalue weighted by Crippen LogP contribution is -2.34. The Balaban J connectivity index is 1.82. The summed E-state index contributed by atoms with van der Waals surface area (Å²) in [6, 6.07) is 6.12. The van der Waals surface area contributed by atoms with Gasteiger partial charge in [0, 0.05) is 30.3 Å². The van der Waals surface area contributed by atoms with E-state index in [1.165, 1.54) is 11.3 Å². The number of hydrogen-bond donors (Lipinski definition) is 1. The zero-order valence-electron chi connectivity index (χ0n) is 12.2. The molecular weight excluding hydrogens is 286 g/mol.